The van der Waals surface area contributed by atoms with Crippen molar-refractivity contribution in [3.05, 3.63) is 29.8 Å². The molecule has 0 saturated carbocycles. The summed E-state index contributed by atoms with van der Waals surface area (Å²) in [5.41, 5.74) is 1.76. The molecule has 1 aromatic carbocycles. The molecule has 0 aromatic heterocycles. The second-order valence-electron chi connectivity index (χ2n) is 4.20. The van der Waals surface area contributed by atoms with Crippen LogP contribution in [0.2, 0.25) is 0 Å². The zero-order chi connectivity index (χ0) is 13.2. The smallest absolute Gasteiger partial charge is 0.276 e. The van der Waals surface area contributed by atoms with Crippen LogP contribution in [-0.2, 0) is 15.0 Å². The SMILES string of the molecule is CC(=O)Nc1ccc(C2CNS(=O)(=O)NC2)cc1. The van der Waals surface area contributed by atoms with E-state index in [4.69, 9.17) is 0 Å². The van der Waals surface area contributed by atoms with Crippen LogP contribution in [0.15, 0.2) is 24.3 Å². The Kier molecular flexibility index (Phi) is 3.65. The van der Waals surface area contributed by atoms with Gasteiger partial charge in [0.2, 0.25) is 5.91 Å². The number of benzene rings is 1. The molecule has 0 radical (unpaired) electrons. The Morgan fingerprint density at radius 2 is 1.78 bits per heavy atom. The van der Waals surface area contributed by atoms with Crippen molar-refractivity contribution in [1.82, 2.24) is 9.44 Å². The molecule has 6 nitrogen and oxygen atoms in total. The molecule has 0 bridgehead atoms. The van der Waals surface area contributed by atoms with E-state index < -0.39 is 10.2 Å². The van der Waals surface area contributed by atoms with Crippen LogP contribution in [0.25, 0.3) is 0 Å². The molecular weight excluding hydrogens is 254 g/mol. The second-order valence-corrected chi connectivity index (χ2v) is 5.78. The summed E-state index contributed by atoms with van der Waals surface area (Å²) >= 11 is 0. The first-order valence-electron chi connectivity index (χ1n) is 5.58. The first kappa shape index (κ1) is 13.0. The predicted molar refractivity (Wildman–Crippen MR) is 68.4 cm³/mol. The molecule has 0 spiro atoms. The van der Waals surface area contributed by atoms with Crippen LogP contribution in [0.1, 0.15) is 18.4 Å². The van der Waals surface area contributed by atoms with Gasteiger partial charge in [-0.3, -0.25) is 4.79 Å². The van der Waals surface area contributed by atoms with Crippen LogP contribution in [0, 0.1) is 0 Å². The van der Waals surface area contributed by atoms with Crippen molar-refractivity contribution in [2.45, 2.75) is 12.8 Å². The second kappa shape index (κ2) is 5.05. The summed E-state index contributed by atoms with van der Waals surface area (Å²) in [6, 6.07) is 7.38. The highest BCUT2D eigenvalue weighted by molar-refractivity contribution is 7.87. The van der Waals surface area contributed by atoms with Crippen LogP contribution in [0.4, 0.5) is 5.69 Å². The normalized spacial score (nSPS) is 19.4. The zero-order valence-corrected chi connectivity index (χ0v) is 10.8. The average molecular weight is 269 g/mol. The van der Waals surface area contributed by atoms with Gasteiger partial charge in [0.05, 0.1) is 0 Å². The summed E-state index contributed by atoms with van der Waals surface area (Å²) in [7, 11) is -3.30. The lowest BCUT2D eigenvalue weighted by Gasteiger charge is -2.24. The van der Waals surface area contributed by atoms with Crippen molar-refractivity contribution < 1.29 is 13.2 Å². The van der Waals surface area contributed by atoms with Crippen molar-refractivity contribution in [2.75, 3.05) is 18.4 Å². The molecule has 0 aliphatic carbocycles. The highest BCUT2D eigenvalue weighted by Gasteiger charge is 2.22. The Morgan fingerprint density at radius 1 is 1.22 bits per heavy atom. The Hall–Kier alpha value is -1.44. The van der Waals surface area contributed by atoms with Crippen molar-refractivity contribution in [1.29, 1.82) is 0 Å². The zero-order valence-electron chi connectivity index (χ0n) is 9.93. The van der Waals surface area contributed by atoms with E-state index in [-0.39, 0.29) is 11.8 Å². The molecule has 1 aromatic rings. The van der Waals surface area contributed by atoms with E-state index in [1.165, 1.54) is 6.92 Å². The Bertz CT molecular complexity index is 525. The number of amides is 1. The molecule has 1 saturated heterocycles. The largest absolute Gasteiger partial charge is 0.326 e. The van der Waals surface area contributed by atoms with Crippen LogP contribution in [0.3, 0.4) is 0 Å². The summed E-state index contributed by atoms with van der Waals surface area (Å²) < 4.78 is 27.2. The maximum atomic E-state index is 11.1. The maximum Gasteiger partial charge on any atom is 0.276 e. The summed E-state index contributed by atoms with van der Waals surface area (Å²) in [5.74, 6) is -0.0188. The molecule has 3 N–H and O–H groups in total. The molecule has 1 fully saturated rings. The molecule has 18 heavy (non-hydrogen) atoms. The highest BCUT2D eigenvalue weighted by Crippen LogP contribution is 2.19. The average Bonchev–Trinajstić information content (AvgIpc) is 2.30. The first-order valence-corrected chi connectivity index (χ1v) is 7.06. The summed E-state index contributed by atoms with van der Waals surface area (Å²) in [6.07, 6.45) is 0. The van der Waals surface area contributed by atoms with Gasteiger partial charge in [0.25, 0.3) is 10.2 Å². The summed E-state index contributed by atoms with van der Waals surface area (Å²) in [4.78, 5) is 10.9. The van der Waals surface area contributed by atoms with Crippen molar-refractivity contribution in [3.63, 3.8) is 0 Å². The van der Waals surface area contributed by atoms with Gasteiger partial charge < -0.3 is 5.32 Å². The number of hydrogen-bond donors (Lipinski definition) is 3. The minimum Gasteiger partial charge on any atom is -0.326 e. The minimum atomic E-state index is -3.30. The Morgan fingerprint density at radius 3 is 2.28 bits per heavy atom. The van der Waals surface area contributed by atoms with Crippen LogP contribution < -0.4 is 14.8 Å². The van der Waals surface area contributed by atoms with E-state index in [0.29, 0.717) is 13.1 Å². The minimum absolute atomic E-state index is 0.0971. The standard InChI is InChI=1S/C11H15N3O3S/c1-8(15)14-11-4-2-9(3-5-11)10-6-12-18(16,17)13-7-10/h2-5,10,12-13H,6-7H2,1H3,(H,14,15). The molecule has 98 valence electrons. The van der Waals surface area contributed by atoms with E-state index >= 15 is 0 Å². The molecule has 1 aliphatic rings. The van der Waals surface area contributed by atoms with Gasteiger partial charge in [-0.2, -0.15) is 8.42 Å². The predicted octanol–water partition coefficient (Wildman–Crippen LogP) is 0.166. The molecule has 1 aliphatic heterocycles. The number of rotatable bonds is 2. The van der Waals surface area contributed by atoms with E-state index in [1.54, 1.807) is 12.1 Å². The van der Waals surface area contributed by atoms with Gasteiger partial charge >= 0.3 is 0 Å². The Balaban J connectivity index is 2.04. The molecule has 1 heterocycles. The molecule has 1 amide bonds. The van der Waals surface area contributed by atoms with Gasteiger partial charge in [0.15, 0.2) is 0 Å². The lowest BCUT2D eigenvalue weighted by molar-refractivity contribution is -0.114. The number of hydrogen-bond acceptors (Lipinski definition) is 3. The number of carbonyl (C=O) groups excluding carboxylic acids is 1. The van der Waals surface area contributed by atoms with Gasteiger partial charge in [-0.1, -0.05) is 12.1 Å². The molecule has 0 atom stereocenters. The van der Waals surface area contributed by atoms with Crippen molar-refractivity contribution >= 4 is 21.8 Å². The number of anilines is 1. The topological polar surface area (TPSA) is 87.3 Å². The molecule has 0 unspecified atom stereocenters. The quantitative estimate of drug-likeness (QED) is 0.715. The fourth-order valence-electron chi connectivity index (χ4n) is 1.82. The van der Waals surface area contributed by atoms with Crippen LogP contribution in [-0.4, -0.2) is 27.4 Å². The van der Waals surface area contributed by atoms with Gasteiger partial charge in [-0.25, -0.2) is 9.44 Å². The van der Waals surface area contributed by atoms with Crippen molar-refractivity contribution in [3.8, 4) is 0 Å². The van der Waals surface area contributed by atoms with Crippen LogP contribution in [0.5, 0.6) is 0 Å². The highest BCUT2D eigenvalue weighted by atomic mass is 32.2. The van der Waals surface area contributed by atoms with Gasteiger partial charge in [-0.05, 0) is 17.7 Å². The Labute approximate surface area is 106 Å². The van der Waals surface area contributed by atoms with E-state index in [2.05, 4.69) is 14.8 Å². The molecule has 7 heteroatoms. The lowest BCUT2D eigenvalue weighted by Crippen LogP contribution is -2.47. The lowest BCUT2D eigenvalue weighted by atomic mass is 9.99. The summed E-state index contributed by atoms with van der Waals surface area (Å²) in [6.45, 7) is 2.22. The monoisotopic (exact) mass is 269 g/mol. The number of carbonyl (C=O) groups is 1. The van der Waals surface area contributed by atoms with E-state index in [1.807, 2.05) is 12.1 Å². The molecule has 2 rings (SSSR count). The first-order chi connectivity index (χ1) is 8.46. The fourth-order valence-corrected chi connectivity index (χ4v) is 2.76. The fraction of sp³-hybridized carbons (Fsp3) is 0.364. The van der Waals surface area contributed by atoms with Crippen molar-refractivity contribution in [2.24, 2.45) is 0 Å². The third kappa shape index (κ3) is 3.28. The third-order valence-corrected chi connectivity index (χ3v) is 3.84. The third-order valence-electron chi connectivity index (χ3n) is 2.74. The van der Waals surface area contributed by atoms with Gasteiger partial charge in [-0.15, -0.1) is 0 Å². The summed E-state index contributed by atoms with van der Waals surface area (Å²) in [5, 5.41) is 2.68. The van der Waals surface area contributed by atoms with Crippen LogP contribution >= 0.6 is 0 Å². The van der Waals surface area contributed by atoms with E-state index in [9.17, 15) is 13.2 Å². The van der Waals surface area contributed by atoms with Gasteiger partial charge in [0.1, 0.15) is 0 Å². The van der Waals surface area contributed by atoms with E-state index in [0.717, 1.165) is 11.3 Å². The molecular formula is C11H15N3O3S. The number of nitrogens with one attached hydrogen (secondary N) is 3. The van der Waals surface area contributed by atoms with Gasteiger partial charge in [0, 0.05) is 31.6 Å². The maximum absolute atomic E-state index is 11.1.